The van der Waals surface area contributed by atoms with Gasteiger partial charge >= 0.3 is 12.2 Å². The first-order chi connectivity index (χ1) is 16.4. The SMILES string of the molecule is COc1ncc(-c2ccccc2Cc2cccc(-c3ccc(OCCC(F)(F)F)nc3)n2)cn1. The lowest BCUT2D eigenvalue weighted by molar-refractivity contribution is -0.139. The van der Waals surface area contributed by atoms with Gasteiger partial charge in [0.05, 0.1) is 25.8 Å². The first kappa shape index (κ1) is 23.2. The molecule has 0 radical (unpaired) electrons. The maximum atomic E-state index is 12.3. The Balaban J connectivity index is 1.49. The Bertz CT molecular complexity index is 1230. The van der Waals surface area contributed by atoms with Gasteiger partial charge in [-0.05, 0) is 29.3 Å². The van der Waals surface area contributed by atoms with Gasteiger partial charge in [-0.15, -0.1) is 0 Å². The van der Waals surface area contributed by atoms with E-state index < -0.39 is 19.2 Å². The number of benzene rings is 1. The number of halogens is 3. The second kappa shape index (κ2) is 10.3. The predicted octanol–water partition coefficient (Wildman–Crippen LogP) is 5.53. The second-order valence-corrected chi connectivity index (χ2v) is 7.41. The molecule has 0 saturated carbocycles. The van der Waals surface area contributed by atoms with Gasteiger partial charge in [-0.2, -0.15) is 13.2 Å². The lowest BCUT2D eigenvalue weighted by atomic mass is 9.98. The summed E-state index contributed by atoms with van der Waals surface area (Å²) in [4.78, 5) is 17.2. The fourth-order valence-corrected chi connectivity index (χ4v) is 3.34. The summed E-state index contributed by atoms with van der Waals surface area (Å²) in [5.41, 5.74) is 5.23. The molecule has 174 valence electrons. The minimum atomic E-state index is -4.26. The molecule has 1 aromatic carbocycles. The summed E-state index contributed by atoms with van der Waals surface area (Å²) >= 11 is 0. The minimum absolute atomic E-state index is 0.139. The highest BCUT2D eigenvalue weighted by atomic mass is 19.4. The summed E-state index contributed by atoms with van der Waals surface area (Å²) in [5.74, 6) is 0.139. The molecule has 0 fully saturated rings. The molecule has 9 heteroatoms. The van der Waals surface area contributed by atoms with Crippen molar-refractivity contribution < 1.29 is 22.6 Å². The number of hydrogen-bond acceptors (Lipinski definition) is 6. The smallest absolute Gasteiger partial charge is 0.392 e. The van der Waals surface area contributed by atoms with Crippen molar-refractivity contribution in [3.05, 3.63) is 84.4 Å². The topological polar surface area (TPSA) is 70.0 Å². The van der Waals surface area contributed by atoms with Crippen molar-refractivity contribution in [2.24, 2.45) is 0 Å². The van der Waals surface area contributed by atoms with Crippen molar-refractivity contribution in [3.8, 4) is 34.3 Å². The molecule has 0 spiro atoms. The molecule has 0 aliphatic heterocycles. The van der Waals surface area contributed by atoms with Crippen LogP contribution in [0.3, 0.4) is 0 Å². The number of ether oxygens (including phenoxy) is 2. The molecular weight excluding hydrogens is 445 g/mol. The van der Waals surface area contributed by atoms with Gasteiger partial charge in [0.2, 0.25) is 5.88 Å². The summed E-state index contributed by atoms with van der Waals surface area (Å²) in [6.07, 6.45) is 0.282. The molecule has 0 saturated heterocycles. The molecule has 34 heavy (non-hydrogen) atoms. The van der Waals surface area contributed by atoms with Crippen molar-refractivity contribution in [2.45, 2.75) is 19.0 Å². The van der Waals surface area contributed by atoms with Crippen molar-refractivity contribution in [1.82, 2.24) is 19.9 Å². The van der Waals surface area contributed by atoms with Gasteiger partial charge in [-0.25, -0.2) is 15.0 Å². The lowest BCUT2D eigenvalue weighted by Gasteiger charge is -2.11. The van der Waals surface area contributed by atoms with E-state index in [0.717, 1.165) is 27.9 Å². The zero-order valence-corrected chi connectivity index (χ0v) is 18.3. The van der Waals surface area contributed by atoms with E-state index in [4.69, 9.17) is 14.5 Å². The predicted molar refractivity (Wildman–Crippen MR) is 120 cm³/mol. The summed E-state index contributed by atoms with van der Waals surface area (Å²) in [6, 6.07) is 17.2. The standard InChI is InChI=1S/C25H21F3N4O2/c1-33-24-30-15-19(16-31-24)21-7-3-2-5-17(21)13-20-6-4-8-22(32-20)18-9-10-23(29-14-18)34-12-11-25(26,27)28/h2-10,14-16H,11-13H2,1H3. The highest BCUT2D eigenvalue weighted by molar-refractivity contribution is 5.66. The second-order valence-electron chi connectivity index (χ2n) is 7.41. The summed E-state index contributed by atoms with van der Waals surface area (Å²) < 4.78 is 46.9. The van der Waals surface area contributed by atoms with Gasteiger partial charge in [-0.3, -0.25) is 4.98 Å². The Hall–Kier alpha value is -4.01. The van der Waals surface area contributed by atoms with Crippen molar-refractivity contribution in [3.63, 3.8) is 0 Å². The highest BCUT2D eigenvalue weighted by Gasteiger charge is 2.26. The van der Waals surface area contributed by atoms with E-state index in [9.17, 15) is 13.2 Å². The van der Waals surface area contributed by atoms with Crippen LogP contribution in [0.4, 0.5) is 13.2 Å². The molecule has 4 rings (SSSR count). The van der Waals surface area contributed by atoms with Crippen LogP contribution in [0.15, 0.2) is 73.2 Å². The van der Waals surface area contributed by atoms with Gasteiger partial charge in [-0.1, -0.05) is 30.3 Å². The highest BCUT2D eigenvalue weighted by Crippen LogP contribution is 2.26. The maximum absolute atomic E-state index is 12.3. The van der Waals surface area contributed by atoms with Crippen LogP contribution < -0.4 is 9.47 Å². The fraction of sp³-hybridized carbons (Fsp3) is 0.200. The van der Waals surface area contributed by atoms with Crippen LogP contribution in [0.2, 0.25) is 0 Å². The maximum Gasteiger partial charge on any atom is 0.392 e. The van der Waals surface area contributed by atoms with E-state index in [1.807, 2.05) is 42.5 Å². The van der Waals surface area contributed by atoms with E-state index in [1.54, 1.807) is 24.5 Å². The van der Waals surface area contributed by atoms with E-state index in [-0.39, 0.29) is 5.88 Å². The normalized spacial score (nSPS) is 11.3. The molecule has 3 heterocycles. The quantitative estimate of drug-likeness (QED) is 0.340. The van der Waals surface area contributed by atoms with Gasteiger partial charge in [0, 0.05) is 47.9 Å². The number of hydrogen-bond donors (Lipinski definition) is 0. The van der Waals surface area contributed by atoms with Gasteiger partial charge in [0.1, 0.15) is 0 Å². The van der Waals surface area contributed by atoms with Crippen LogP contribution in [-0.4, -0.2) is 39.8 Å². The molecule has 0 aliphatic rings. The summed E-state index contributed by atoms with van der Waals surface area (Å²) in [6.45, 7) is -0.470. The first-order valence-electron chi connectivity index (χ1n) is 10.5. The fourth-order valence-electron chi connectivity index (χ4n) is 3.34. The van der Waals surface area contributed by atoms with E-state index >= 15 is 0 Å². The van der Waals surface area contributed by atoms with Crippen LogP contribution in [0.25, 0.3) is 22.4 Å². The largest absolute Gasteiger partial charge is 0.477 e. The molecule has 0 N–H and O–H groups in total. The van der Waals surface area contributed by atoms with Crippen molar-refractivity contribution in [2.75, 3.05) is 13.7 Å². The number of pyridine rings is 2. The van der Waals surface area contributed by atoms with Crippen LogP contribution in [-0.2, 0) is 6.42 Å². The Kier molecular flexibility index (Phi) is 7.01. The van der Waals surface area contributed by atoms with Gasteiger partial charge in [0.15, 0.2) is 0 Å². The average Bonchev–Trinajstić information content (AvgIpc) is 2.84. The van der Waals surface area contributed by atoms with Crippen LogP contribution in [0.5, 0.6) is 11.9 Å². The number of rotatable bonds is 8. The van der Waals surface area contributed by atoms with E-state index in [1.165, 1.54) is 13.3 Å². The first-order valence-corrected chi connectivity index (χ1v) is 10.5. The summed E-state index contributed by atoms with van der Waals surface area (Å²) in [5, 5.41) is 0. The Morgan fingerprint density at radius 2 is 1.59 bits per heavy atom. The third kappa shape index (κ3) is 6.06. The Labute approximate surface area is 194 Å². The molecule has 0 amide bonds. The average molecular weight is 466 g/mol. The van der Waals surface area contributed by atoms with Gasteiger partial charge < -0.3 is 9.47 Å². The van der Waals surface area contributed by atoms with E-state index in [0.29, 0.717) is 18.1 Å². The molecule has 3 aromatic heterocycles. The van der Waals surface area contributed by atoms with Crippen LogP contribution >= 0.6 is 0 Å². The zero-order valence-electron chi connectivity index (χ0n) is 18.3. The van der Waals surface area contributed by atoms with E-state index in [2.05, 4.69) is 15.0 Å². The number of methoxy groups -OCH3 is 1. The zero-order chi connectivity index (χ0) is 24.0. The molecule has 0 bridgehead atoms. The molecule has 0 unspecified atom stereocenters. The lowest BCUT2D eigenvalue weighted by Crippen LogP contribution is -2.13. The number of alkyl halides is 3. The molecule has 4 aromatic rings. The van der Waals surface area contributed by atoms with Crippen LogP contribution in [0.1, 0.15) is 17.7 Å². The summed E-state index contributed by atoms with van der Waals surface area (Å²) in [7, 11) is 1.52. The Morgan fingerprint density at radius 3 is 2.29 bits per heavy atom. The molecule has 0 atom stereocenters. The third-order valence-electron chi connectivity index (χ3n) is 4.99. The van der Waals surface area contributed by atoms with Crippen molar-refractivity contribution in [1.29, 1.82) is 0 Å². The minimum Gasteiger partial charge on any atom is -0.477 e. The number of aromatic nitrogens is 4. The molecular formula is C25H21F3N4O2. The third-order valence-corrected chi connectivity index (χ3v) is 4.99. The van der Waals surface area contributed by atoms with Crippen LogP contribution in [0, 0.1) is 0 Å². The monoisotopic (exact) mass is 466 g/mol. The Morgan fingerprint density at radius 1 is 0.824 bits per heavy atom. The van der Waals surface area contributed by atoms with Crippen molar-refractivity contribution >= 4 is 0 Å². The molecule has 6 nitrogen and oxygen atoms in total. The van der Waals surface area contributed by atoms with Gasteiger partial charge in [0.25, 0.3) is 0 Å². The molecule has 0 aliphatic carbocycles. The number of nitrogens with zero attached hydrogens (tertiary/aromatic N) is 4.